The van der Waals surface area contributed by atoms with Crippen LogP contribution in [0.25, 0.3) is 10.8 Å². The van der Waals surface area contributed by atoms with Crippen LogP contribution in [-0.2, 0) is 6.42 Å². The maximum Gasteiger partial charge on any atom is 0.131 e. The van der Waals surface area contributed by atoms with E-state index in [2.05, 4.69) is 30.4 Å². The van der Waals surface area contributed by atoms with E-state index in [1.165, 1.54) is 29.3 Å². The Kier molecular flexibility index (Phi) is 6.36. The van der Waals surface area contributed by atoms with Crippen LogP contribution in [0.3, 0.4) is 0 Å². The van der Waals surface area contributed by atoms with Crippen molar-refractivity contribution in [1.29, 1.82) is 0 Å². The molecule has 0 spiro atoms. The first-order valence-electron chi connectivity index (χ1n) is 8.62. The third-order valence-electron chi connectivity index (χ3n) is 4.06. The van der Waals surface area contributed by atoms with Crippen molar-refractivity contribution in [2.24, 2.45) is 0 Å². The van der Waals surface area contributed by atoms with E-state index in [0.717, 1.165) is 17.5 Å². The molecule has 0 aromatic heterocycles. The quantitative estimate of drug-likeness (QED) is 0.513. The van der Waals surface area contributed by atoms with E-state index in [9.17, 15) is 4.39 Å². The average Bonchev–Trinajstić information content (AvgIpc) is 3.08. The molecule has 3 aromatic carbocycles. The van der Waals surface area contributed by atoms with E-state index in [4.69, 9.17) is 0 Å². The van der Waals surface area contributed by atoms with Crippen molar-refractivity contribution in [1.82, 2.24) is 0 Å². The number of anilines is 1. The highest BCUT2D eigenvalue weighted by molar-refractivity contribution is 5.85. The molecule has 0 aliphatic carbocycles. The Morgan fingerprint density at radius 2 is 1.58 bits per heavy atom. The van der Waals surface area contributed by atoms with E-state index < -0.39 is 0 Å². The molecule has 126 valence electrons. The fraction of sp³-hybridized carbons (Fsp3) is 0.273. The summed E-state index contributed by atoms with van der Waals surface area (Å²) in [6.45, 7) is 9.24. The minimum Gasteiger partial charge on any atom is -0.384 e. The molecule has 1 aliphatic heterocycles. The van der Waals surface area contributed by atoms with Crippen LogP contribution < -0.4 is 5.32 Å². The first kappa shape index (κ1) is 18.0. The number of benzene rings is 3. The van der Waals surface area contributed by atoms with Crippen LogP contribution >= 0.6 is 0 Å². The van der Waals surface area contributed by atoms with Gasteiger partial charge in [0.1, 0.15) is 5.82 Å². The first-order valence-corrected chi connectivity index (χ1v) is 8.62. The van der Waals surface area contributed by atoms with Gasteiger partial charge in [-0.3, -0.25) is 0 Å². The van der Waals surface area contributed by atoms with Crippen molar-refractivity contribution in [3.05, 3.63) is 77.1 Å². The standard InChI is InChI=1S/C11H9F.C9H11N.C2H6/c1-8-6-7-11(12)10-5-3-2-4-9(8)10;1-7-2-3-9-8(6-7)4-5-10-9;1-2/h2-7H,1H3;2-3,6,10H,4-5H2,1H3;1-2H3. The highest BCUT2D eigenvalue weighted by atomic mass is 19.1. The lowest BCUT2D eigenvalue weighted by atomic mass is 10.1. The molecule has 24 heavy (non-hydrogen) atoms. The molecular weight excluding hydrogens is 297 g/mol. The maximum atomic E-state index is 13.2. The molecule has 2 heteroatoms. The highest BCUT2D eigenvalue weighted by Crippen LogP contribution is 2.22. The van der Waals surface area contributed by atoms with Gasteiger partial charge in [0.15, 0.2) is 0 Å². The summed E-state index contributed by atoms with van der Waals surface area (Å²) in [6, 6.07) is 17.4. The molecule has 0 fully saturated rings. The third-order valence-corrected chi connectivity index (χ3v) is 4.06. The van der Waals surface area contributed by atoms with Crippen LogP contribution in [0.2, 0.25) is 0 Å². The molecule has 0 bridgehead atoms. The van der Waals surface area contributed by atoms with Gasteiger partial charge in [-0.1, -0.05) is 61.9 Å². The predicted octanol–water partition coefficient (Wildman–Crippen LogP) is 6.28. The summed E-state index contributed by atoms with van der Waals surface area (Å²) < 4.78 is 13.2. The Labute approximate surface area is 144 Å². The zero-order valence-corrected chi connectivity index (χ0v) is 15.0. The summed E-state index contributed by atoms with van der Waals surface area (Å²) >= 11 is 0. The van der Waals surface area contributed by atoms with Crippen LogP contribution in [0.5, 0.6) is 0 Å². The van der Waals surface area contributed by atoms with Crippen LogP contribution in [0.4, 0.5) is 10.1 Å². The molecule has 0 amide bonds. The van der Waals surface area contributed by atoms with Crippen molar-refractivity contribution in [2.45, 2.75) is 34.1 Å². The molecule has 1 N–H and O–H groups in total. The number of rotatable bonds is 0. The minimum atomic E-state index is -0.142. The number of hydrogen-bond donors (Lipinski definition) is 1. The van der Waals surface area contributed by atoms with E-state index in [0.29, 0.717) is 5.39 Å². The van der Waals surface area contributed by atoms with Crippen LogP contribution in [0.1, 0.15) is 30.5 Å². The number of nitrogens with one attached hydrogen (secondary N) is 1. The Bertz CT molecular complexity index is 768. The van der Waals surface area contributed by atoms with Crippen molar-refractivity contribution in [2.75, 3.05) is 11.9 Å². The van der Waals surface area contributed by atoms with E-state index in [1.807, 2.05) is 39.0 Å². The Morgan fingerprint density at radius 3 is 2.29 bits per heavy atom. The van der Waals surface area contributed by atoms with Gasteiger partial charge >= 0.3 is 0 Å². The van der Waals surface area contributed by atoms with E-state index in [1.54, 1.807) is 12.1 Å². The monoisotopic (exact) mass is 323 g/mol. The molecule has 0 saturated heterocycles. The van der Waals surface area contributed by atoms with Gasteiger partial charge in [0.05, 0.1) is 0 Å². The zero-order valence-electron chi connectivity index (χ0n) is 15.0. The average molecular weight is 323 g/mol. The van der Waals surface area contributed by atoms with Gasteiger partial charge in [-0.25, -0.2) is 4.39 Å². The van der Waals surface area contributed by atoms with Crippen molar-refractivity contribution in [3.63, 3.8) is 0 Å². The normalized spacial score (nSPS) is 11.5. The van der Waals surface area contributed by atoms with Gasteiger partial charge in [-0.05, 0) is 48.9 Å². The SMILES string of the molecule is CC.Cc1ccc(F)c2ccccc12.Cc1ccc2c(c1)CCN2. The predicted molar refractivity (Wildman–Crippen MR) is 103 cm³/mol. The Balaban J connectivity index is 0.000000160. The molecule has 1 heterocycles. The van der Waals surface area contributed by atoms with E-state index >= 15 is 0 Å². The fourth-order valence-corrected chi connectivity index (χ4v) is 2.85. The summed E-state index contributed by atoms with van der Waals surface area (Å²) in [5, 5.41) is 5.03. The summed E-state index contributed by atoms with van der Waals surface area (Å²) in [6.07, 6.45) is 1.19. The Hall–Kier alpha value is -2.35. The lowest BCUT2D eigenvalue weighted by molar-refractivity contribution is 0.639. The summed E-state index contributed by atoms with van der Waals surface area (Å²) in [5.74, 6) is -0.142. The maximum absolute atomic E-state index is 13.2. The molecule has 0 unspecified atom stereocenters. The van der Waals surface area contributed by atoms with Gasteiger partial charge in [0.2, 0.25) is 0 Å². The minimum absolute atomic E-state index is 0.142. The van der Waals surface area contributed by atoms with Crippen LogP contribution in [-0.4, -0.2) is 6.54 Å². The molecule has 3 aromatic rings. The largest absolute Gasteiger partial charge is 0.384 e. The fourth-order valence-electron chi connectivity index (χ4n) is 2.85. The van der Waals surface area contributed by atoms with Crippen molar-refractivity contribution < 1.29 is 4.39 Å². The van der Waals surface area contributed by atoms with Gasteiger partial charge in [-0.15, -0.1) is 0 Å². The highest BCUT2D eigenvalue weighted by Gasteiger charge is 2.07. The molecule has 0 saturated carbocycles. The van der Waals surface area contributed by atoms with Crippen molar-refractivity contribution in [3.8, 4) is 0 Å². The molecule has 1 aliphatic rings. The van der Waals surface area contributed by atoms with Gasteiger partial charge < -0.3 is 5.32 Å². The molecule has 4 rings (SSSR count). The molecule has 0 radical (unpaired) electrons. The number of aryl methyl sites for hydroxylation is 2. The molecule has 0 atom stereocenters. The molecule has 1 nitrogen and oxygen atoms in total. The third kappa shape index (κ3) is 4.14. The van der Waals surface area contributed by atoms with Gasteiger partial charge in [0.25, 0.3) is 0 Å². The summed E-state index contributed by atoms with van der Waals surface area (Å²) in [7, 11) is 0. The van der Waals surface area contributed by atoms with Crippen LogP contribution in [0.15, 0.2) is 54.6 Å². The lowest BCUT2D eigenvalue weighted by Crippen LogP contribution is -1.90. The zero-order chi connectivity index (χ0) is 17.5. The van der Waals surface area contributed by atoms with Crippen LogP contribution in [0, 0.1) is 19.7 Å². The lowest BCUT2D eigenvalue weighted by Gasteiger charge is -2.01. The second-order valence-electron chi connectivity index (χ2n) is 5.75. The number of halogens is 1. The molecular formula is C22H26FN. The summed E-state index contributed by atoms with van der Waals surface area (Å²) in [5.41, 5.74) is 5.28. The topological polar surface area (TPSA) is 12.0 Å². The number of fused-ring (bicyclic) bond motifs is 2. The smallest absolute Gasteiger partial charge is 0.131 e. The van der Waals surface area contributed by atoms with Gasteiger partial charge in [0, 0.05) is 17.6 Å². The second-order valence-corrected chi connectivity index (χ2v) is 5.75. The van der Waals surface area contributed by atoms with Gasteiger partial charge in [-0.2, -0.15) is 0 Å². The Morgan fingerprint density at radius 1 is 0.875 bits per heavy atom. The van der Waals surface area contributed by atoms with E-state index in [-0.39, 0.29) is 5.82 Å². The summed E-state index contributed by atoms with van der Waals surface area (Å²) in [4.78, 5) is 0. The number of hydrogen-bond acceptors (Lipinski definition) is 1. The van der Waals surface area contributed by atoms with Crippen molar-refractivity contribution >= 4 is 16.5 Å². The second kappa shape index (κ2) is 8.49. The first-order chi connectivity index (χ1) is 11.6.